The second-order valence-electron chi connectivity index (χ2n) is 6.32. The fourth-order valence-corrected chi connectivity index (χ4v) is 3.37. The highest BCUT2D eigenvalue weighted by Gasteiger charge is 2.77. The SMILES string of the molecule is COC1C=CC(F)(C(=O)N2CCC3(CC2)OCCO3)C(F)(F)C1(F)F. The van der Waals surface area contributed by atoms with Crippen LogP contribution in [-0.2, 0) is 19.0 Å². The predicted molar refractivity (Wildman–Crippen MR) is 74.1 cm³/mol. The summed E-state index contributed by atoms with van der Waals surface area (Å²) in [5.41, 5.74) is -4.15. The van der Waals surface area contributed by atoms with Crippen LogP contribution in [0.3, 0.4) is 0 Å². The highest BCUT2D eigenvalue weighted by molar-refractivity contribution is 5.89. The lowest BCUT2D eigenvalue weighted by molar-refractivity contribution is -0.291. The van der Waals surface area contributed by atoms with Crippen LogP contribution in [0.15, 0.2) is 12.2 Å². The molecule has 2 heterocycles. The van der Waals surface area contributed by atoms with Crippen molar-refractivity contribution in [3.8, 4) is 0 Å². The van der Waals surface area contributed by atoms with Gasteiger partial charge in [-0.3, -0.25) is 4.79 Å². The zero-order valence-electron chi connectivity index (χ0n) is 13.4. The fourth-order valence-electron chi connectivity index (χ4n) is 3.37. The highest BCUT2D eigenvalue weighted by atomic mass is 19.3. The molecule has 1 amide bonds. The molecule has 0 N–H and O–H groups in total. The molecule has 0 bridgehead atoms. The van der Waals surface area contributed by atoms with Crippen molar-refractivity contribution in [3.63, 3.8) is 0 Å². The van der Waals surface area contributed by atoms with E-state index in [0.717, 1.165) is 12.0 Å². The van der Waals surface area contributed by atoms with Crippen molar-refractivity contribution in [1.29, 1.82) is 0 Å². The van der Waals surface area contributed by atoms with E-state index in [0.29, 0.717) is 19.3 Å². The standard InChI is InChI=1S/C15H18F5NO4/c1-23-10-2-3-13(16,15(19,20)14(10,17)18)11(22)21-6-4-12(5-7-21)24-8-9-25-12/h2-3,10H,4-9H2,1H3. The van der Waals surface area contributed by atoms with Gasteiger partial charge in [-0.05, 0) is 12.2 Å². The van der Waals surface area contributed by atoms with E-state index in [-0.39, 0.29) is 32.0 Å². The van der Waals surface area contributed by atoms with Gasteiger partial charge in [0.25, 0.3) is 11.6 Å². The molecule has 5 nitrogen and oxygen atoms in total. The van der Waals surface area contributed by atoms with Crippen molar-refractivity contribution in [2.45, 2.75) is 42.2 Å². The maximum atomic E-state index is 14.9. The van der Waals surface area contributed by atoms with Crippen LogP contribution in [0.1, 0.15) is 12.8 Å². The molecule has 0 saturated carbocycles. The van der Waals surface area contributed by atoms with Crippen LogP contribution in [0.4, 0.5) is 22.0 Å². The first-order chi connectivity index (χ1) is 11.6. The van der Waals surface area contributed by atoms with Crippen molar-refractivity contribution >= 4 is 5.91 Å². The monoisotopic (exact) mass is 371 g/mol. The van der Waals surface area contributed by atoms with E-state index in [4.69, 9.17) is 9.47 Å². The van der Waals surface area contributed by atoms with E-state index >= 15 is 0 Å². The van der Waals surface area contributed by atoms with Gasteiger partial charge < -0.3 is 19.1 Å². The number of methoxy groups -OCH3 is 1. The Morgan fingerprint density at radius 2 is 1.68 bits per heavy atom. The predicted octanol–water partition coefficient (Wildman–Crippen LogP) is 1.92. The number of hydrogen-bond donors (Lipinski definition) is 0. The van der Waals surface area contributed by atoms with Crippen LogP contribution in [0.2, 0.25) is 0 Å². The van der Waals surface area contributed by atoms with Crippen LogP contribution in [0.5, 0.6) is 0 Å². The van der Waals surface area contributed by atoms with Gasteiger partial charge in [0.05, 0.1) is 13.2 Å². The summed E-state index contributed by atoms with van der Waals surface area (Å²) in [7, 11) is 0.803. The molecule has 25 heavy (non-hydrogen) atoms. The minimum atomic E-state index is -5.25. The molecule has 2 saturated heterocycles. The van der Waals surface area contributed by atoms with Crippen LogP contribution < -0.4 is 0 Å². The summed E-state index contributed by atoms with van der Waals surface area (Å²) in [5.74, 6) is -12.7. The second kappa shape index (κ2) is 5.88. The lowest BCUT2D eigenvalue weighted by Gasteiger charge is -2.44. The van der Waals surface area contributed by atoms with Gasteiger partial charge in [0, 0.05) is 33.0 Å². The van der Waals surface area contributed by atoms with Gasteiger partial charge in [-0.15, -0.1) is 0 Å². The summed E-state index contributed by atoms with van der Waals surface area (Å²) in [6.45, 7) is 0.472. The van der Waals surface area contributed by atoms with Crippen molar-refractivity contribution in [1.82, 2.24) is 4.90 Å². The number of carbonyl (C=O) groups is 1. The number of amides is 1. The van der Waals surface area contributed by atoms with Crippen LogP contribution >= 0.6 is 0 Å². The van der Waals surface area contributed by atoms with E-state index in [9.17, 15) is 26.7 Å². The molecule has 0 aromatic heterocycles. The maximum Gasteiger partial charge on any atom is 0.359 e. The van der Waals surface area contributed by atoms with E-state index in [1.165, 1.54) is 0 Å². The van der Waals surface area contributed by atoms with Crippen LogP contribution in [0.25, 0.3) is 0 Å². The largest absolute Gasteiger partial charge is 0.371 e. The average Bonchev–Trinajstić information content (AvgIpc) is 3.01. The van der Waals surface area contributed by atoms with E-state index in [1.807, 2.05) is 0 Å². The molecule has 1 spiro atoms. The van der Waals surface area contributed by atoms with Crippen molar-refractivity contribution in [3.05, 3.63) is 12.2 Å². The summed E-state index contributed by atoms with van der Waals surface area (Å²) < 4.78 is 86.3. The van der Waals surface area contributed by atoms with Crippen molar-refractivity contribution < 1.29 is 41.0 Å². The van der Waals surface area contributed by atoms with Gasteiger partial charge in [-0.2, -0.15) is 17.6 Å². The molecule has 2 atom stereocenters. The van der Waals surface area contributed by atoms with Crippen LogP contribution in [0, 0.1) is 0 Å². The van der Waals surface area contributed by atoms with E-state index < -0.39 is 35.3 Å². The number of hydrogen-bond acceptors (Lipinski definition) is 4. The number of piperidine rings is 1. The number of carbonyl (C=O) groups excluding carboxylic acids is 1. The molecule has 2 unspecified atom stereocenters. The average molecular weight is 371 g/mol. The summed E-state index contributed by atoms with van der Waals surface area (Å²) in [4.78, 5) is 13.1. The minimum Gasteiger partial charge on any atom is -0.371 e. The first-order valence-corrected chi connectivity index (χ1v) is 7.84. The number of ether oxygens (including phenoxy) is 3. The van der Waals surface area contributed by atoms with Crippen molar-refractivity contribution in [2.24, 2.45) is 0 Å². The van der Waals surface area contributed by atoms with Gasteiger partial charge in [0.1, 0.15) is 6.10 Å². The van der Waals surface area contributed by atoms with Gasteiger partial charge in [0.2, 0.25) is 0 Å². The summed E-state index contributed by atoms with van der Waals surface area (Å²) in [6, 6.07) is 0. The molecule has 0 aromatic carbocycles. The zero-order valence-corrected chi connectivity index (χ0v) is 13.4. The van der Waals surface area contributed by atoms with Crippen LogP contribution in [-0.4, -0.2) is 73.6 Å². The van der Waals surface area contributed by atoms with Gasteiger partial charge >= 0.3 is 11.8 Å². The molecular formula is C15H18F5NO4. The number of alkyl halides is 5. The molecular weight excluding hydrogens is 353 g/mol. The molecule has 2 aliphatic heterocycles. The first-order valence-electron chi connectivity index (χ1n) is 7.84. The molecule has 142 valence electrons. The Morgan fingerprint density at radius 3 is 2.20 bits per heavy atom. The van der Waals surface area contributed by atoms with Gasteiger partial charge in [0.15, 0.2) is 5.79 Å². The van der Waals surface area contributed by atoms with Crippen molar-refractivity contribution in [2.75, 3.05) is 33.4 Å². The Hall–Kier alpha value is -1.26. The second-order valence-corrected chi connectivity index (χ2v) is 6.32. The summed E-state index contributed by atoms with van der Waals surface area (Å²) in [5, 5.41) is 0. The lowest BCUT2D eigenvalue weighted by Crippen LogP contribution is -2.68. The number of nitrogens with zero attached hydrogens (tertiary/aromatic N) is 1. The third-order valence-corrected chi connectivity index (χ3v) is 4.92. The number of halogens is 5. The fraction of sp³-hybridized carbons (Fsp3) is 0.800. The normalized spacial score (nSPS) is 35.9. The Labute approximate surface area is 140 Å². The molecule has 0 radical (unpaired) electrons. The smallest absolute Gasteiger partial charge is 0.359 e. The Balaban J connectivity index is 1.81. The molecule has 10 heteroatoms. The third kappa shape index (κ3) is 2.57. The highest BCUT2D eigenvalue weighted by Crippen LogP contribution is 2.52. The Morgan fingerprint density at radius 1 is 1.12 bits per heavy atom. The Kier molecular flexibility index (Phi) is 4.36. The Bertz CT molecular complexity index is 568. The summed E-state index contributed by atoms with van der Waals surface area (Å²) in [6.07, 6.45) is -1.37. The minimum absolute atomic E-state index is 0.131. The lowest BCUT2D eigenvalue weighted by atomic mass is 9.82. The summed E-state index contributed by atoms with van der Waals surface area (Å²) >= 11 is 0. The third-order valence-electron chi connectivity index (χ3n) is 4.92. The molecule has 1 aliphatic carbocycles. The number of likely N-dealkylation sites (tertiary alicyclic amines) is 1. The molecule has 3 aliphatic rings. The quantitative estimate of drug-likeness (QED) is 0.550. The first kappa shape index (κ1) is 18.5. The maximum absolute atomic E-state index is 14.9. The van der Waals surface area contributed by atoms with Gasteiger partial charge in [-0.1, -0.05) is 0 Å². The molecule has 3 rings (SSSR count). The number of rotatable bonds is 2. The van der Waals surface area contributed by atoms with E-state index in [2.05, 4.69) is 4.74 Å². The van der Waals surface area contributed by atoms with E-state index in [1.54, 1.807) is 0 Å². The topological polar surface area (TPSA) is 48.0 Å². The molecule has 2 fully saturated rings. The zero-order chi connectivity index (χ0) is 18.5. The van der Waals surface area contributed by atoms with Gasteiger partial charge in [-0.25, -0.2) is 4.39 Å². The molecule has 0 aromatic rings.